The Morgan fingerprint density at radius 2 is 1.68 bits per heavy atom. The highest BCUT2D eigenvalue weighted by Crippen LogP contribution is 2.44. The molecular weight excluding hydrogens is 396 g/mol. The molecule has 0 aromatic heterocycles. The first-order valence-corrected chi connectivity index (χ1v) is 11.1. The molecule has 1 aromatic rings. The van der Waals surface area contributed by atoms with Crippen LogP contribution in [-0.4, -0.2) is 50.4 Å². The Hall–Kier alpha value is -1.47. The predicted octanol–water partition coefficient (Wildman–Crippen LogP) is 4.28. The first kappa shape index (κ1) is 24.2. The average molecular weight is 435 g/mol. The zero-order chi connectivity index (χ0) is 22.9. The monoisotopic (exact) mass is 434 g/mol. The van der Waals surface area contributed by atoms with Crippen LogP contribution in [0.15, 0.2) is 12.1 Å². The van der Waals surface area contributed by atoms with Crippen molar-refractivity contribution in [2.24, 2.45) is 10.8 Å². The summed E-state index contributed by atoms with van der Waals surface area (Å²) in [5, 5.41) is 10.4. The lowest BCUT2D eigenvalue weighted by Crippen LogP contribution is -2.59. The van der Waals surface area contributed by atoms with Crippen molar-refractivity contribution in [3.8, 4) is 5.75 Å². The fourth-order valence-electron chi connectivity index (χ4n) is 5.04. The molecule has 2 saturated heterocycles. The molecule has 2 aliphatic heterocycles. The van der Waals surface area contributed by atoms with Crippen molar-refractivity contribution in [2.45, 2.75) is 72.3 Å². The number of phenols is 1. The molecule has 1 spiro atoms. The number of hydrogen-bond acceptors (Lipinski definition) is 6. The first-order valence-electron chi connectivity index (χ1n) is 11.1. The number of rotatable bonds is 6. The lowest BCUT2D eigenvalue weighted by Gasteiger charge is -2.50. The summed E-state index contributed by atoms with van der Waals surface area (Å²) in [6.07, 6.45) is 1.36. The predicted molar refractivity (Wildman–Crippen MR) is 118 cm³/mol. The number of Topliss-reactive ketones (excluding diaryl/α,β-unsaturated/α-hetero) is 1. The molecule has 2 heterocycles. The van der Waals surface area contributed by atoms with Crippen molar-refractivity contribution in [1.29, 1.82) is 0 Å². The van der Waals surface area contributed by atoms with Crippen molar-refractivity contribution in [3.63, 3.8) is 0 Å². The molecule has 31 heavy (non-hydrogen) atoms. The lowest BCUT2D eigenvalue weighted by atomic mass is 9.68. The van der Waals surface area contributed by atoms with Crippen LogP contribution in [0.5, 0.6) is 5.75 Å². The molecule has 174 valence electrons. The van der Waals surface area contributed by atoms with E-state index in [9.17, 15) is 9.90 Å². The van der Waals surface area contributed by atoms with Crippen LogP contribution >= 0.6 is 0 Å². The second kappa shape index (κ2) is 9.18. The van der Waals surface area contributed by atoms with Gasteiger partial charge in [-0.3, -0.25) is 4.79 Å². The number of benzene rings is 1. The number of ketones is 1. The zero-order valence-electron chi connectivity index (χ0n) is 19.9. The molecule has 1 N–H and O–H groups in total. The van der Waals surface area contributed by atoms with Gasteiger partial charge >= 0.3 is 0 Å². The van der Waals surface area contributed by atoms with Gasteiger partial charge in [0.2, 0.25) is 0 Å². The molecule has 1 atom stereocenters. The van der Waals surface area contributed by atoms with Gasteiger partial charge in [0, 0.05) is 12.8 Å². The van der Waals surface area contributed by atoms with E-state index in [1.807, 2.05) is 19.1 Å². The van der Waals surface area contributed by atoms with Crippen molar-refractivity contribution >= 4 is 5.78 Å². The van der Waals surface area contributed by atoms with Gasteiger partial charge in [0.05, 0.1) is 31.3 Å². The minimum Gasteiger partial charge on any atom is -0.507 e. The minimum atomic E-state index is -0.379. The summed E-state index contributed by atoms with van der Waals surface area (Å²) in [7, 11) is 0. The van der Waals surface area contributed by atoms with Crippen LogP contribution in [0.25, 0.3) is 0 Å². The smallest absolute Gasteiger partial charge is 0.147 e. The average Bonchev–Trinajstić information content (AvgIpc) is 2.68. The maximum atomic E-state index is 13.0. The molecule has 1 unspecified atom stereocenters. The van der Waals surface area contributed by atoms with Crippen LogP contribution in [0, 0.1) is 17.8 Å². The van der Waals surface area contributed by atoms with Crippen LogP contribution in [0.3, 0.4) is 0 Å². The first-order chi connectivity index (χ1) is 14.4. The number of phenolic OH excluding ortho intramolecular Hbond substituents is 1. The van der Waals surface area contributed by atoms with Gasteiger partial charge in [-0.05, 0) is 40.9 Å². The van der Waals surface area contributed by atoms with Crippen molar-refractivity contribution < 1.29 is 28.8 Å². The van der Waals surface area contributed by atoms with Crippen LogP contribution in [0.2, 0.25) is 0 Å². The van der Waals surface area contributed by atoms with Gasteiger partial charge in [-0.25, -0.2) is 0 Å². The highest BCUT2D eigenvalue weighted by atomic mass is 16.7. The number of ether oxygens (including phenoxy) is 4. The van der Waals surface area contributed by atoms with Crippen LogP contribution in [0.4, 0.5) is 0 Å². The standard InChI is InChI=1S/C25H38O6/c1-17-9-18(10-20(21(17)27)23(2,3)4)7-8-19(26)11-24(5,6)22-25(14-30-16-31-22)12-28-15-29-13-25/h9-10,22,27H,7-8,11-16H2,1-6H3. The minimum absolute atomic E-state index is 0.157. The second-order valence-corrected chi connectivity index (χ2v) is 11.0. The third-order valence-electron chi connectivity index (χ3n) is 6.43. The lowest BCUT2D eigenvalue weighted by molar-refractivity contribution is -0.296. The molecule has 6 heteroatoms. The van der Waals surface area contributed by atoms with Crippen LogP contribution in [0.1, 0.15) is 64.2 Å². The van der Waals surface area contributed by atoms with E-state index in [-0.39, 0.29) is 41.7 Å². The maximum Gasteiger partial charge on any atom is 0.147 e. The Balaban J connectivity index is 1.67. The normalized spacial score (nSPS) is 21.9. The number of carbonyl (C=O) groups excluding carboxylic acids is 1. The largest absolute Gasteiger partial charge is 0.507 e. The van der Waals surface area contributed by atoms with Gasteiger partial charge in [0.25, 0.3) is 0 Å². The Kier molecular flexibility index (Phi) is 7.16. The highest BCUT2D eigenvalue weighted by Gasteiger charge is 2.52. The summed E-state index contributed by atoms with van der Waals surface area (Å²) in [6.45, 7) is 14.4. The maximum absolute atomic E-state index is 13.0. The summed E-state index contributed by atoms with van der Waals surface area (Å²) in [5.74, 6) is 0.554. The Morgan fingerprint density at radius 3 is 2.29 bits per heavy atom. The van der Waals surface area contributed by atoms with E-state index in [0.717, 1.165) is 16.7 Å². The van der Waals surface area contributed by atoms with Gasteiger partial charge in [0.1, 0.15) is 25.1 Å². The third kappa shape index (κ3) is 5.48. The molecule has 0 bridgehead atoms. The topological polar surface area (TPSA) is 74.2 Å². The summed E-state index contributed by atoms with van der Waals surface area (Å²) < 4.78 is 22.7. The van der Waals surface area contributed by atoms with Gasteiger partial charge in [-0.15, -0.1) is 0 Å². The summed E-state index contributed by atoms with van der Waals surface area (Å²) in [6, 6.07) is 4.02. The number of aryl methyl sites for hydroxylation is 2. The Morgan fingerprint density at radius 1 is 1.06 bits per heavy atom. The van der Waals surface area contributed by atoms with Gasteiger partial charge in [-0.2, -0.15) is 0 Å². The Labute approximate surface area is 186 Å². The number of carbonyl (C=O) groups is 1. The molecule has 0 aliphatic carbocycles. The number of hydrogen-bond donors (Lipinski definition) is 1. The Bertz CT molecular complexity index is 778. The quantitative estimate of drug-likeness (QED) is 0.720. The van der Waals surface area contributed by atoms with E-state index in [1.54, 1.807) is 0 Å². The molecule has 0 amide bonds. The molecule has 2 fully saturated rings. The zero-order valence-corrected chi connectivity index (χ0v) is 19.9. The van der Waals surface area contributed by atoms with Crippen LogP contribution < -0.4 is 0 Å². The summed E-state index contributed by atoms with van der Waals surface area (Å²) in [5.41, 5.74) is 1.95. The number of aromatic hydroxyl groups is 1. The van der Waals surface area contributed by atoms with Gasteiger partial charge in [0.15, 0.2) is 0 Å². The van der Waals surface area contributed by atoms with Crippen molar-refractivity contribution in [3.05, 3.63) is 28.8 Å². The molecule has 6 nitrogen and oxygen atoms in total. The van der Waals surface area contributed by atoms with E-state index < -0.39 is 0 Å². The molecule has 0 radical (unpaired) electrons. The van der Waals surface area contributed by atoms with Gasteiger partial charge < -0.3 is 24.1 Å². The molecule has 1 aromatic carbocycles. The van der Waals surface area contributed by atoms with E-state index >= 15 is 0 Å². The highest BCUT2D eigenvalue weighted by molar-refractivity contribution is 5.79. The molecule has 0 saturated carbocycles. The van der Waals surface area contributed by atoms with Crippen molar-refractivity contribution in [2.75, 3.05) is 33.4 Å². The van der Waals surface area contributed by atoms with E-state index in [4.69, 9.17) is 18.9 Å². The third-order valence-corrected chi connectivity index (χ3v) is 6.43. The van der Waals surface area contributed by atoms with Crippen molar-refractivity contribution in [1.82, 2.24) is 0 Å². The van der Waals surface area contributed by atoms with Gasteiger partial charge in [-0.1, -0.05) is 46.8 Å². The fourth-order valence-corrected chi connectivity index (χ4v) is 5.04. The van der Waals surface area contributed by atoms with E-state index in [2.05, 4.69) is 34.6 Å². The van der Waals surface area contributed by atoms with Crippen LogP contribution in [-0.2, 0) is 35.6 Å². The van der Waals surface area contributed by atoms with E-state index in [1.165, 1.54) is 0 Å². The molecule has 3 rings (SSSR count). The summed E-state index contributed by atoms with van der Waals surface area (Å²) in [4.78, 5) is 13.0. The second-order valence-electron chi connectivity index (χ2n) is 11.0. The SMILES string of the molecule is Cc1cc(CCC(=O)CC(C)(C)C2OCOCC23COCOC3)cc(C(C)(C)C)c1O. The molecular formula is C25H38O6. The van der Waals surface area contributed by atoms with E-state index in [0.29, 0.717) is 44.8 Å². The fraction of sp³-hybridized carbons (Fsp3) is 0.720. The molecule has 2 aliphatic rings. The summed E-state index contributed by atoms with van der Waals surface area (Å²) >= 11 is 0.